The van der Waals surface area contributed by atoms with Crippen molar-refractivity contribution in [3.63, 3.8) is 0 Å². The second-order valence-electron chi connectivity index (χ2n) is 5.66. The molecule has 1 heterocycles. The molecular weight excluding hydrogens is 342 g/mol. The number of nitrogens with one attached hydrogen (secondary N) is 1. The van der Waals surface area contributed by atoms with Crippen LogP contribution in [0.3, 0.4) is 0 Å². The zero-order chi connectivity index (χ0) is 15.7. The van der Waals surface area contributed by atoms with Crippen LogP contribution in [0.1, 0.15) is 45.4 Å². The predicted octanol–water partition coefficient (Wildman–Crippen LogP) is 3.71. The lowest BCUT2D eigenvalue weighted by atomic mass is 9.83. The van der Waals surface area contributed by atoms with E-state index in [0.29, 0.717) is 6.42 Å². The van der Waals surface area contributed by atoms with Gasteiger partial charge in [0.05, 0.1) is 6.04 Å². The number of aliphatic hydroxyl groups is 1. The van der Waals surface area contributed by atoms with E-state index >= 15 is 0 Å². The van der Waals surface area contributed by atoms with Crippen LogP contribution < -0.4 is 5.32 Å². The maximum Gasteiger partial charge on any atom is 0.252 e. The van der Waals surface area contributed by atoms with Crippen LogP contribution in [0.2, 0.25) is 0 Å². The van der Waals surface area contributed by atoms with E-state index in [1.54, 1.807) is 0 Å². The molecular formula is C18H18BrNO2. The lowest BCUT2D eigenvalue weighted by molar-refractivity contribution is 0.0949. The molecule has 1 aliphatic rings. The van der Waals surface area contributed by atoms with Crippen molar-refractivity contribution < 1.29 is 9.90 Å². The van der Waals surface area contributed by atoms with Crippen molar-refractivity contribution in [3.05, 3.63) is 69.2 Å². The Kier molecular flexibility index (Phi) is 4.32. The van der Waals surface area contributed by atoms with E-state index in [-0.39, 0.29) is 24.5 Å². The molecule has 1 amide bonds. The minimum atomic E-state index is -0.103. The molecule has 4 heteroatoms. The first-order valence-electron chi connectivity index (χ1n) is 7.38. The first-order valence-corrected chi connectivity index (χ1v) is 8.18. The largest absolute Gasteiger partial charge is 0.396 e. The molecule has 0 aromatic heterocycles. The summed E-state index contributed by atoms with van der Waals surface area (Å²) in [5.74, 6) is 0.0229. The topological polar surface area (TPSA) is 49.3 Å². The quantitative estimate of drug-likeness (QED) is 0.873. The van der Waals surface area contributed by atoms with Crippen LogP contribution in [0.15, 0.2) is 46.9 Å². The predicted molar refractivity (Wildman–Crippen MR) is 90.0 cm³/mol. The molecule has 3 nitrogen and oxygen atoms in total. The average Bonchev–Trinajstić information content (AvgIpc) is 2.82. The third-order valence-corrected chi connectivity index (χ3v) is 4.80. The average molecular weight is 360 g/mol. The van der Waals surface area contributed by atoms with Gasteiger partial charge in [0.2, 0.25) is 0 Å². The Hall–Kier alpha value is -1.65. The summed E-state index contributed by atoms with van der Waals surface area (Å²) in [6.45, 7) is 2.16. The van der Waals surface area contributed by atoms with E-state index in [1.807, 2.05) is 30.3 Å². The number of hydrogen-bond acceptors (Lipinski definition) is 2. The van der Waals surface area contributed by atoms with Crippen molar-refractivity contribution in [2.75, 3.05) is 6.61 Å². The van der Waals surface area contributed by atoms with Gasteiger partial charge in [0.25, 0.3) is 5.91 Å². The second-order valence-corrected chi connectivity index (χ2v) is 6.57. The minimum absolute atomic E-state index is 0.0379. The van der Waals surface area contributed by atoms with E-state index in [9.17, 15) is 9.90 Å². The number of aliphatic hydroxyl groups excluding tert-OH is 1. The number of halogens is 1. The second kappa shape index (κ2) is 6.23. The molecule has 0 fully saturated rings. The van der Waals surface area contributed by atoms with Gasteiger partial charge in [0, 0.05) is 22.6 Å². The molecule has 114 valence electrons. The number of carbonyl (C=O) groups is 1. The summed E-state index contributed by atoms with van der Waals surface area (Å²) in [7, 11) is 0. The van der Waals surface area contributed by atoms with E-state index in [1.165, 1.54) is 11.1 Å². The van der Waals surface area contributed by atoms with Crippen molar-refractivity contribution >= 4 is 21.8 Å². The van der Waals surface area contributed by atoms with Gasteiger partial charge in [0.15, 0.2) is 0 Å². The molecule has 3 rings (SSSR count). The van der Waals surface area contributed by atoms with Crippen molar-refractivity contribution in [2.24, 2.45) is 0 Å². The maximum atomic E-state index is 12.2. The van der Waals surface area contributed by atoms with Crippen LogP contribution in [0, 0.1) is 6.92 Å². The maximum absolute atomic E-state index is 12.2. The van der Waals surface area contributed by atoms with Gasteiger partial charge in [-0.1, -0.05) is 40.2 Å². The van der Waals surface area contributed by atoms with Crippen LogP contribution in [0.25, 0.3) is 0 Å². The summed E-state index contributed by atoms with van der Waals surface area (Å²) in [6, 6.07) is 13.8. The third kappa shape index (κ3) is 2.69. The first-order chi connectivity index (χ1) is 10.6. The standard InChI is InChI=1S/C18H18BrNO2/c1-11-4-2-3-5-13(11)14(8-9-21)17-16-10-12(19)6-7-15(16)18(22)20-17/h2-7,10,14,17,21H,8-9H2,1H3,(H,20,22). The molecule has 0 spiro atoms. The molecule has 2 aromatic rings. The third-order valence-electron chi connectivity index (χ3n) is 4.31. The smallest absolute Gasteiger partial charge is 0.252 e. The van der Waals surface area contributed by atoms with Crippen LogP contribution in [-0.2, 0) is 0 Å². The van der Waals surface area contributed by atoms with E-state index in [0.717, 1.165) is 15.6 Å². The Morgan fingerprint density at radius 3 is 2.77 bits per heavy atom. The summed E-state index contributed by atoms with van der Waals surface area (Å²) in [5.41, 5.74) is 4.08. The van der Waals surface area contributed by atoms with Gasteiger partial charge in [-0.25, -0.2) is 0 Å². The number of aryl methyl sites for hydroxylation is 1. The lowest BCUT2D eigenvalue weighted by Gasteiger charge is -2.26. The van der Waals surface area contributed by atoms with Crippen molar-refractivity contribution in [3.8, 4) is 0 Å². The van der Waals surface area contributed by atoms with Gasteiger partial charge in [0.1, 0.15) is 0 Å². The van der Waals surface area contributed by atoms with Crippen LogP contribution >= 0.6 is 15.9 Å². The van der Waals surface area contributed by atoms with E-state index < -0.39 is 0 Å². The Morgan fingerprint density at radius 1 is 1.27 bits per heavy atom. The number of hydrogen-bond donors (Lipinski definition) is 2. The molecule has 0 radical (unpaired) electrons. The van der Waals surface area contributed by atoms with Crippen molar-refractivity contribution in [2.45, 2.75) is 25.3 Å². The fraction of sp³-hybridized carbons (Fsp3) is 0.278. The Labute approximate surface area is 138 Å². The van der Waals surface area contributed by atoms with Gasteiger partial charge >= 0.3 is 0 Å². The van der Waals surface area contributed by atoms with Crippen LogP contribution in [-0.4, -0.2) is 17.6 Å². The summed E-state index contributed by atoms with van der Waals surface area (Å²) < 4.78 is 0.959. The van der Waals surface area contributed by atoms with Crippen molar-refractivity contribution in [1.29, 1.82) is 0 Å². The summed E-state index contributed by atoms with van der Waals surface area (Å²) in [4.78, 5) is 12.2. The summed E-state index contributed by atoms with van der Waals surface area (Å²) >= 11 is 3.48. The SMILES string of the molecule is Cc1ccccc1C(CCO)C1NC(=O)c2ccc(Br)cc21. The highest BCUT2D eigenvalue weighted by atomic mass is 79.9. The van der Waals surface area contributed by atoms with Gasteiger partial charge in [-0.15, -0.1) is 0 Å². The number of benzene rings is 2. The van der Waals surface area contributed by atoms with E-state index in [4.69, 9.17) is 0 Å². The Balaban J connectivity index is 2.06. The summed E-state index contributed by atoms with van der Waals surface area (Å²) in [5, 5.41) is 12.6. The fourth-order valence-electron chi connectivity index (χ4n) is 3.26. The molecule has 2 atom stereocenters. The van der Waals surface area contributed by atoms with Crippen LogP contribution in [0.5, 0.6) is 0 Å². The molecule has 0 bridgehead atoms. The zero-order valence-electron chi connectivity index (χ0n) is 12.3. The highest BCUT2D eigenvalue weighted by Gasteiger charge is 2.35. The lowest BCUT2D eigenvalue weighted by Crippen LogP contribution is -2.25. The number of rotatable bonds is 4. The molecule has 22 heavy (non-hydrogen) atoms. The van der Waals surface area contributed by atoms with Gasteiger partial charge in [-0.2, -0.15) is 0 Å². The van der Waals surface area contributed by atoms with Crippen molar-refractivity contribution in [1.82, 2.24) is 5.32 Å². The monoisotopic (exact) mass is 359 g/mol. The first kappa shape index (κ1) is 15.3. The summed E-state index contributed by atoms with van der Waals surface area (Å²) in [6.07, 6.45) is 0.613. The normalized spacial score (nSPS) is 18.0. The fourth-order valence-corrected chi connectivity index (χ4v) is 3.63. The molecule has 0 aliphatic carbocycles. The molecule has 2 aromatic carbocycles. The molecule has 2 N–H and O–H groups in total. The van der Waals surface area contributed by atoms with Gasteiger partial charge in [-0.3, -0.25) is 4.79 Å². The highest BCUT2D eigenvalue weighted by molar-refractivity contribution is 9.10. The van der Waals surface area contributed by atoms with Gasteiger partial charge < -0.3 is 10.4 Å². The molecule has 1 aliphatic heterocycles. The molecule has 0 saturated carbocycles. The van der Waals surface area contributed by atoms with Gasteiger partial charge in [-0.05, 0) is 48.2 Å². The number of carbonyl (C=O) groups excluding carboxylic acids is 1. The Bertz CT molecular complexity index is 714. The number of fused-ring (bicyclic) bond motifs is 1. The zero-order valence-corrected chi connectivity index (χ0v) is 13.9. The minimum Gasteiger partial charge on any atom is -0.396 e. The van der Waals surface area contributed by atoms with E-state index in [2.05, 4.69) is 40.3 Å². The number of amides is 1. The van der Waals surface area contributed by atoms with Crippen LogP contribution in [0.4, 0.5) is 0 Å². The highest BCUT2D eigenvalue weighted by Crippen LogP contribution is 2.40. The molecule has 0 saturated heterocycles. The Morgan fingerprint density at radius 2 is 2.05 bits per heavy atom. The molecule has 2 unspecified atom stereocenters.